The topological polar surface area (TPSA) is 73.9 Å². The number of hydrogen-bond donors (Lipinski definition) is 1. The van der Waals surface area contributed by atoms with Gasteiger partial charge in [0.15, 0.2) is 11.5 Å². The highest BCUT2D eigenvalue weighted by atomic mass is 79.9. The predicted octanol–water partition coefficient (Wildman–Crippen LogP) is 2.75. The molecule has 0 aliphatic carbocycles. The summed E-state index contributed by atoms with van der Waals surface area (Å²) in [6.07, 6.45) is 0.557. The summed E-state index contributed by atoms with van der Waals surface area (Å²) in [4.78, 5) is 0.116. The van der Waals surface area contributed by atoms with Crippen LogP contribution in [0.4, 0.5) is 0 Å². The molecule has 1 heterocycles. The molecule has 6 nitrogen and oxygen atoms in total. The number of sulfonamides is 1. The summed E-state index contributed by atoms with van der Waals surface area (Å²) < 4.78 is 45.0. The monoisotopic (exact) mass is 427 g/mol. The van der Waals surface area contributed by atoms with E-state index >= 15 is 0 Å². The third-order valence-electron chi connectivity index (χ3n) is 3.92. The number of benzene rings is 2. The number of halogens is 1. The number of ether oxygens (including phenoxy) is 3. The van der Waals surface area contributed by atoms with Gasteiger partial charge < -0.3 is 14.2 Å². The Kier molecular flexibility index (Phi) is 5.21. The second-order valence-corrected chi connectivity index (χ2v) is 8.23. The maximum Gasteiger partial charge on any atom is 0.241 e. The zero-order valence-electron chi connectivity index (χ0n) is 13.8. The Morgan fingerprint density at radius 3 is 2.60 bits per heavy atom. The molecule has 134 valence electrons. The number of hydrogen-bond acceptors (Lipinski definition) is 5. The van der Waals surface area contributed by atoms with E-state index in [0.717, 1.165) is 15.8 Å². The van der Waals surface area contributed by atoms with E-state index in [9.17, 15) is 8.42 Å². The molecule has 3 rings (SSSR count). The van der Waals surface area contributed by atoms with Gasteiger partial charge in [0.2, 0.25) is 10.0 Å². The van der Waals surface area contributed by atoms with Gasteiger partial charge in [-0.25, -0.2) is 13.1 Å². The molecule has 0 unspecified atom stereocenters. The molecule has 1 atom stereocenters. The van der Waals surface area contributed by atoms with Gasteiger partial charge in [-0.3, -0.25) is 0 Å². The van der Waals surface area contributed by atoms with Crippen LogP contribution in [0, 0.1) is 0 Å². The third kappa shape index (κ3) is 3.91. The second kappa shape index (κ2) is 7.23. The first-order valence-electron chi connectivity index (χ1n) is 7.58. The van der Waals surface area contributed by atoms with Crippen LogP contribution in [0.1, 0.15) is 5.56 Å². The van der Waals surface area contributed by atoms with Gasteiger partial charge >= 0.3 is 0 Å². The van der Waals surface area contributed by atoms with E-state index in [4.69, 9.17) is 14.2 Å². The van der Waals surface area contributed by atoms with Crippen molar-refractivity contribution in [3.05, 3.63) is 46.4 Å². The molecule has 0 spiro atoms. The quantitative estimate of drug-likeness (QED) is 0.793. The molecule has 0 aromatic heterocycles. The number of methoxy groups -OCH3 is 2. The van der Waals surface area contributed by atoms with Gasteiger partial charge in [0.05, 0.1) is 25.2 Å². The fourth-order valence-electron chi connectivity index (χ4n) is 2.71. The lowest BCUT2D eigenvalue weighted by atomic mass is 10.0. The standard InChI is InChI=1S/C17H18BrNO5S/c1-22-16-6-4-14(9-17(16)23-2)25(20,21)19-13-8-11-7-12(18)3-5-15(11)24-10-13/h3-7,9,13,19H,8,10H2,1-2H3/t13-/m1/s1. The fourth-order valence-corrected chi connectivity index (χ4v) is 4.35. The van der Waals surface area contributed by atoms with E-state index in [0.29, 0.717) is 17.9 Å². The molecule has 25 heavy (non-hydrogen) atoms. The van der Waals surface area contributed by atoms with Crippen molar-refractivity contribution in [2.45, 2.75) is 17.4 Å². The van der Waals surface area contributed by atoms with Crippen LogP contribution in [-0.4, -0.2) is 35.3 Å². The summed E-state index contributed by atoms with van der Waals surface area (Å²) in [6, 6.07) is 9.85. The maximum absolute atomic E-state index is 12.7. The van der Waals surface area contributed by atoms with Crippen LogP contribution in [0.25, 0.3) is 0 Å². The summed E-state index contributed by atoms with van der Waals surface area (Å²) in [7, 11) is -0.744. The second-order valence-electron chi connectivity index (χ2n) is 5.60. The van der Waals surface area contributed by atoms with Crippen molar-refractivity contribution in [1.82, 2.24) is 4.72 Å². The Labute approximate surface area is 155 Å². The smallest absolute Gasteiger partial charge is 0.241 e. The Bertz CT molecular complexity index is 885. The minimum Gasteiger partial charge on any atom is -0.493 e. The van der Waals surface area contributed by atoms with Crippen molar-refractivity contribution in [2.24, 2.45) is 0 Å². The largest absolute Gasteiger partial charge is 0.493 e. The molecule has 0 amide bonds. The van der Waals surface area contributed by atoms with Crippen molar-refractivity contribution in [2.75, 3.05) is 20.8 Å². The average molecular weight is 428 g/mol. The molecule has 0 radical (unpaired) electrons. The highest BCUT2D eigenvalue weighted by Crippen LogP contribution is 2.31. The highest BCUT2D eigenvalue weighted by Gasteiger charge is 2.26. The number of fused-ring (bicyclic) bond motifs is 1. The molecule has 2 aromatic carbocycles. The Morgan fingerprint density at radius 1 is 1.12 bits per heavy atom. The van der Waals surface area contributed by atoms with Crippen LogP contribution in [0.5, 0.6) is 17.2 Å². The molecule has 2 aromatic rings. The highest BCUT2D eigenvalue weighted by molar-refractivity contribution is 9.10. The lowest BCUT2D eigenvalue weighted by molar-refractivity contribution is 0.254. The third-order valence-corrected chi connectivity index (χ3v) is 5.93. The Balaban J connectivity index is 1.80. The van der Waals surface area contributed by atoms with Gasteiger partial charge in [0, 0.05) is 10.5 Å². The normalized spacial score (nSPS) is 16.7. The van der Waals surface area contributed by atoms with Crippen molar-refractivity contribution in [3.63, 3.8) is 0 Å². The lowest BCUT2D eigenvalue weighted by Gasteiger charge is -2.26. The van der Waals surface area contributed by atoms with Crippen LogP contribution < -0.4 is 18.9 Å². The maximum atomic E-state index is 12.7. The first-order valence-corrected chi connectivity index (χ1v) is 9.86. The lowest BCUT2D eigenvalue weighted by Crippen LogP contribution is -2.42. The van der Waals surface area contributed by atoms with Crippen molar-refractivity contribution >= 4 is 26.0 Å². The number of nitrogens with one attached hydrogen (secondary N) is 1. The van der Waals surface area contributed by atoms with E-state index in [1.54, 1.807) is 6.07 Å². The Hall–Kier alpha value is -1.77. The van der Waals surface area contributed by atoms with E-state index in [-0.39, 0.29) is 17.5 Å². The number of rotatable bonds is 5. The molecular weight excluding hydrogens is 410 g/mol. The van der Waals surface area contributed by atoms with Gasteiger partial charge in [0.1, 0.15) is 12.4 Å². The van der Waals surface area contributed by atoms with Crippen molar-refractivity contribution in [3.8, 4) is 17.2 Å². The van der Waals surface area contributed by atoms with Gasteiger partial charge in [-0.15, -0.1) is 0 Å². The molecule has 1 N–H and O–H groups in total. The van der Waals surface area contributed by atoms with E-state index in [1.165, 1.54) is 26.4 Å². The fraction of sp³-hybridized carbons (Fsp3) is 0.294. The van der Waals surface area contributed by atoms with Crippen LogP contribution in [0.2, 0.25) is 0 Å². The van der Waals surface area contributed by atoms with Gasteiger partial charge in [-0.1, -0.05) is 15.9 Å². The molecule has 1 aliphatic rings. The van der Waals surface area contributed by atoms with Crippen molar-refractivity contribution in [1.29, 1.82) is 0 Å². The minimum atomic E-state index is -3.71. The van der Waals surface area contributed by atoms with E-state index < -0.39 is 10.0 Å². The van der Waals surface area contributed by atoms with Gasteiger partial charge in [-0.05, 0) is 42.3 Å². The van der Waals surface area contributed by atoms with Crippen LogP contribution >= 0.6 is 15.9 Å². The molecular formula is C17H18BrNO5S. The summed E-state index contributed by atoms with van der Waals surface area (Å²) in [5.41, 5.74) is 0.959. The van der Waals surface area contributed by atoms with Gasteiger partial charge in [-0.2, -0.15) is 0 Å². The van der Waals surface area contributed by atoms with Crippen LogP contribution in [0.3, 0.4) is 0 Å². The summed E-state index contributed by atoms with van der Waals surface area (Å²) in [6.45, 7) is 0.279. The molecule has 8 heteroatoms. The molecule has 0 fully saturated rings. The van der Waals surface area contributed by atoms with E-state index in [1.807, 2.05) is 18.2 Å². The zero-order valence-corrected chi connectivity index (χ0v) is 16.2. The minimum absolute atomic E-state index is 0.116. The summed E-state index contributed by atoms with van der Waals surface area (Å²) in [5, 5.41) is 0. The first-order chi connectivity index (χ1) is 11.9. The van der Waals surface area contributed by atoms with Gasteiger partial charge in [0.25, 0.3) is 0 Å². The van der Waals surface area contributed by atoms with Crippen LogP contribution in [0.15, 0.2) is 45.8 Å². The van der Waals surface area contributed by atoms with E-state index in [2.05, 4.69) is 20.7 Å². The van der Waals surface area contributed by atoms with Crippen molar-refractivity contribution < 1.29 is 22.6 Å². The Morgan fingerprint density at radius 2 is 1.88 bits per heavy atom. The summed E-state index contributed by atoms with van der Waals surface area (Å²) >= 11 is 3.42. The zero-order chi connectivity index (χ0) is 18.0. The molecule has 0 saturated carbocycles. The SMILES string of the molecule is COc1ccc(S(=O)(=O)N[C@H]2COc3ccc(Br)cc3C2)cc1OC. The molecule has 0 bridgehead atoms. The predicted molar refractivity (Wildman–Crippen MR) is 97.0 cm³/mol. The summed E-state index contributed by atoms with van der Waals surface area (Å²) in [5.74, 6) is 1.62. The average Bonchev–Trinajstić information content (AvgIpc) is 2.60. The molecule has 1 aliphatic heterocycles. The first kappa shape index (κ1) is 18.0. The van der Waals surface area contributed by atoms with Crippen LogP contribution in [-0.2, 0) is 16.4 Å². The molecule has 0 saturated heterocycles.